The van der Waals surface area contributed by atoms with Gasteiger partial charge in [0, 0.05) is 6.04 Å². The number of hydrogen-bond donors (Lipinski definition) is 6. The van der Waals surface area contributed by atoms with Crippen LogP contribution < -0.4 is 5.32 Å². The van der Waals surface area contributed by atoms with Crippen LogP contribution in [0, 0.1) is 5.92 Å². The van der Waals surface area contributed by atoms with Crippen molar-refractivity contribution < 1.29 is 28.7 Å². The Bertz CT molecular complexity index is 324. The van der Waals surface area contributed by atoms with Crippen molar-refractivity contribution in [2.75, 3.05) is 12.3 Å². The van der Waals surface area contributed by atoms with E-state index in [1.54, 1.807) is 0 Å². The maximum atomic E-state index is 11.2. The zero-order chi connectivity index (χ0) is 13.3. The van der Waals surface area contributed by atoms with Crippen molar-refractivity contribution >= 4 is 27.8 Å². The first-order chi connectivity index (χ1) is 7.66. The van der Waals surface area contributed by atoms with Crippen molar-refractivity contribution in [3.63, 3.8) is 0 Å². The van der Waals surface area contributed by atoms with Crippen molar-refractivity contribution in [3.05, 3.63) is 0 Å². The summed E-state index contributed by atoms with van der Waals surface area (Å²) in [6.07, 6.45) is 0.976. The highest BCUT2D eigenvalue weighted by Gasteiger charge is 2.49. The van der Waals surface area contributed by atoms with Crippen LogP contribution in [0.5, 0.6) is 0 Å². The van der Waals surface area contributed by atoms with E-state index in [4.69, 9.17) is 19.6 Å². The first-order valence-corrected chi connectivity index (χ1v) is 9.10. The highest BCUT2D eigenvalue weighted by molar-refractivity contribution is 7.80. The Balaban J connectivity index is 2.81. The summed E-state index contributed by atoms with van der Waals surface area (Å²) in [5.74, 6) is 0.903. The summed E-state index contributed by atoms with van der Waals surface area (Å²) >= 11 is 4.11. The largest absolute Gasteiger partial charge is 0.342 e. The average Bonchev–Trinajstić information content (AvgIpc) is 2.14. The van der Waals surface area contributed by atoms with E-state index in [1.807, 2.05) is 0 Å². The molecule has 0 spiro atoms. The number of nitrogens with one attached hydrogen (secondary N) is 1. The van der Waals surface area contributed by atoms with E-state index < -0.39 is 26.6 Å². The molecule has 0 amide bonds. The van der Waals surface area contributed by atoms with E-state index in [9.17, 15) is 9.13 Å². The summed E-state index contributed by atoms with van der Waals surface area (Å²) in [4.78, 5) is 36.2. The molecule has 0 aliphatic carbocycles. The molecule has 1 fully saturated rings. The van der Waals surface area contributed by atoms with E-state index >= 15 is 0 Å². The van der Waals surface area contributed by atoms with Gasteiger partial charge in [-0.15, -0.1) is 0 Å². The second-order valence-electron chi connectivity index (χ2n) is 4.23. The topological polar surface area (TPSA) is 127 Å². The van der Waals surface area contributed by atoms with Crippen LogP contribution in [0.15, 0.2) is 0 Å². The first-order valence-electron chi connectivity index (χ1n) is 5.11. The quantitative estimate of drug-likeness (QED) is 0.318. The molecule has 1 rings (SSSR count). The van der Waals surface area contributed by atoms with Gasteiger partial charge in [0.25, 0.3) is 0 Å². The predicted octanol–water partition coefficient (Wildman–Crippen LogP) is -0.0341. The zero-order valence-electron chi connectivity index (χ0n) is 9.01. The molecule has 5 N–H and O–H groups in total. The van der Waals surface area contributed by atoms with Crippen molar-refractivity contribution in [2.45, 2.75) is 24.3 Å². The van der Waals surface area contributed by atoms with Gasteiger partial charge >= 0.3 is 15.2 Å². The smallest absolute Gasteiger partial charge is 0.324 e. The fourth-order valence-corrected chi connectivity index (χ4v) is 5.34. The van der Waals surface area contributed by atoms with Gasteiger partial charge in [-0.2, -0.15) is 12.6 Å². The lowest BCUT2D eigenvalue weighted by Gasteiger charge is -2.34. The van der Waals surface area contributed by atoms with Crippen LogP contribution in [-0.4, -0.2) is 43.3 Å². The van der Waals surface area contributed by atoms with E-state index in [-0.39, 0.29) is 5.92 Å². The maximum absolute atomic E-state index is 11.2. The predicted molar refractivity (Wildman–Crippen MR) is 66.2 cm³/mol. The molecular weight excluding hydrogens is 288 g/mol. The number of piperidine rings is 1. The summed E-state index contributed by atoms with van der Waals surface area (Å²) in [6, 6.07) is -0.854. The molecule has 2 atom stereocenters. The van der Waals surface area contributed by atoms with Gasteiger partial charge in [0.1, 0.15) is 0 Å². The summed E-state index contributed by atoms with van der Waals surface area (Å²) in [5.41, 5.74) is 0. The number of hydrogen-bond acceptors (Lipinski definition) is 4. The lowest BCUT2D eigenvalue weighted by Crippen LogP contribution is -2.46. The molecule has 1 heterocycles. The van der Waals surface area contributed by atoms with E-state index in [1.165, 1.54) is 0 Å². The van der Waals surface area contributed by atoms with E-state index in [0.29, 0.717) is 25.1 Å². The van der Waals surface area contributed by atoms with Gasteiger partial charge in [0.05, 0.1) is 0 Å². The fourth-order valence-electron chi connectivity index (χ4n) is 2.01. The second-order valence-corrected chi connectivity index (χ2v) is 8.47. The van der Waals surface area contributed by atoms with Gasteiger partial charge < -0.3 is 24.9 Å². The molecule has 0 aromatic heterocycles. The number of thiol groups is 1. The van der Waals surface area contributed by atoms with Crippen LogP contribution in [0.2, 0.25) is 0 Å². The third-order valence-corrected chi connectivity index (χ3v) is 7.28. The molecule has 0 bridgehead atoms. The van der Waals surface area contributed by atoms with Gasteiger partial charge in [-0.25, -0.2) is 0 Å². The summed E-state index contributed by atoms with van der Waals surface area (Å²) in [5, 5.41) is 0.852. The Morgan fingerprint density at radius 3 is 2.00 bits per heavy atom. The first kappa shape index (κ1) is 15.7. The molecular formula is C7H17NO6P2S. The van der Waals surface area contributed by atoms with Gasteiger partial charge in [0.2, 0.25) is 0 Å². The molecule has 0 aromatic rings. The Morgan fingerprint density at radius 2 is 1.71 bits per heavy atom. The Kier molecular flexibility index (Phi) is 5.27. The van der Waals surface area contributed by atoms with E-state index in [0.717, 1.165) is 0 Å². The van der Waals surface area contributed by atoms with Crippen LogP contribution >= 0.6 is 27.8 Å². The molecule has 10 heteroatoms. The minimum Gasteiger partial charge on any atom is -0.324 e. The molecule has 0 aromatic carbocycles. The van der Waals surface area contributed by atoms with Crippen molar-refractivity contribution in [3.8, 4) is 0 Å². The van der Waals surface area contributed by atoms with Crippen LogP contribution in [-0.2, 0) is 9.13 Å². The molecule has 1 saturated heterocycles. The molecule has 17 heavy (non-hydrogen) atoms. The molecule has 2 unspecified atom stereocenters. The molecule has 0 radical (unpaired) electrons. The third kappa shape index (κ3) is 4.33. The van der Waals surface area contributed by atoms with Crippen LogP contribution in [0.25, 0.3) is 0 Å². The van der Waals surface area contributed by atoms with Crippen molar-refractivity contribution in [1.29, 1.82) is 0 Å². The highest BCUT2D eigenvalue weighted by atomic mass is 32.1. The Labute approximate surface area is 105 Å². The Hall–Kier alpha value is 0.610. The summed E-state index contributed by atoms with van der Waals surface area (Å²) in [7, 11) is -9.68. The molecule has 1 aliphatic heterocycles. The van der Waals surface area contributed by atoms with Crippen LogP contribution in [0.3, 0.4) is 0 Å². The van der Waals surface area contributed by atoms with Crippen LogP contribution in [0.1, 0.15) is 12.8 Å². The second kappa shape index (κ2) is 5.72. The lowest BCUT2D eigenvalue weighted by atomic mass is 9.97. The SMILES string of the molecule is O=P(O)(O)C(C1CCC(CS)CN1)P(=O)(O)O. The minimum absolute atomic E-state index is 0.267. The molecule has 7 nitrogen and oxygen atoms in total. The van der Waals surface area contributed by atoms with Gasteiger partial charge in [0.15, 0.2) is 5.40 Å². The summed E-state index contributed by atoms with van der Waals surface area (Å²) in [6.45, 7) is 0.463. The van der Waals surface area contributed by atoms with Crippen molar-refractivity contribution in [2.24, 2.45) is 5.92 Å². The fraction of sp³-hybridized carbons (Fsp3) is 1.00. The normalized spacial score (nSPS) is 27.4. The maximum Gasteiger partial charge on any atom is 0.342 e. The van der Waals surface area contributed by atoms with Gasteiger partial charge in [-0.3, -0.25) is 9.13 Å². The Morgan fingerprint density at radius 1 is 1.18 bits per heavy atom. The summed E-state index contributed by atoms with van der Waals surface area (Å²) < 4.78 is 22.4. The average molecular weight is 305 g/mol. The van der Waals surface area contributed by atoms with Gasteiger partial charge in [-0.05, 0) is 31.1 Å². The number of rotatable bonds is 4. The minimum atomic E-state index is -4.84. The molecule has 102 valence electrons. The zero-order valence-corrected chi connectivity index (χ0v) is 11.7. The van der Waals surface area contributed by atoms with Crippen LogP contribution in [0.4, 0.5) is 0 Å². The molecule has 0 saturated carbocycles. The highest BCUT2D eigenvalue weighted by Crippen LogP contribution is 2.61. The standard InChI is InChI=1S/C7H17NO6P2S/c9-15(10,11)7(16(12,13)14)6-2-1-5(4-17)3-8-6/h5-8,17H,1-4H2,(H2,9,10,11)(H2,12,13,14). The monoisotopic (exact) mass is 305 g/mol. The van der Waals surface area contributed by atoms with E-state index in [2.05, 4.69) is 17.9 Å². The van der Waals surface area contributed by atoms with Gasteiger partial charge in [-0.1, -0.05) is 0 Å². The van der Waals surface area contributed by atoms with Crippen molar-refractivity contribution in [1.82, 2.24) is 5.32 Å². The lowest BCUT2D eigenvalue weighted by molar-refractivity contribution is 0.285. The third-order valence-electron chi connectivity index (χ3n) is 2.86. The molecule has 1 aliphatic rings.